The first-order chi connectivity index (χ1) is 11.7. The van der Waals surface area contributed by atoms with E-state index in [1.165, 1.54) is 12.8 Å². The summed E-state index contributed by atoms with van der Waals surface area (Å²) in [6, 6.07) is 2.28. The third-order valence-electron chi connectivity index (χ3n) is 5.43. The highest BCUT2D eigenvalue weighted by Gasteiger charge is 2.29. The minimum absolute atomic E-state index is 0.0673. The molecule has 3 rings (SSSR count). The summed E-state index contributed by atoms with van der Waals surface area (Å²) < 4.78 is 5.48. The molecule has 1 amide bonds. The van der Waals surface area contributed by atoms with Crippen LogP contribution >= 0.6 is 0 Å². The molecule has 1 aliphatic heterocycles. The molecule has 1 aromatic rings. The maximum atomic E-state index is 12.5. The Morgan fingerprint density at radius 1 is 1.38 bits per heavy atom. The van der Waals surface area contributed by atoms with Gasteiger partial charge in [0.2, 0.25) is 0 Å². The summed E-state index contributed by atoms with van der Waals surface area (Å²) in [5, 5.41) is 10.3. The minimum atomic E-state index is -0.0673. The summed E-state index contributed by atoms with van der Waals surface area (Å²) in [4.78, 5) is 14.9. The van der Waals surface area contributed by atoms with Crippen LogP contribution < -0.4 is 5.32 Å². The maximum Gasteiger partial charge on any atom is 0.271 e. The number of amides is 1. The molecule has 1 aliphatic carbocycles. The van der Waals surface area contributed by atoms with Gasteiger partial charge in [0, 0.05) is 37.3 Å². The van der Waals surface area contributed by atoms with Crippen LogP contribution in [0.15, 0.2) is 6.07 Å². The number of hydrogen-bond acceptors (Lipinski definition) is 4. The zero-order valence-corrected chi connectivity index (χ0v) is 14.9. The van der Waals surface area contributed by atoms with E-state index in [2.05, 4.69) is 34.3 Å². The number of carbonyl (C=O) groups excluding carboxylic acids is 1. The van der Waals surface area contributed by atoms with Crippen molar-refractivity contribution in [1.82, 2.24) is 20.4 Å². The lowest BCUT2D eigenvalue weighted by molar-refractivity contribution is 0.00190. The van der Waals surface area contributed by atoms with E-state index >= 15 is 0 Å². The molecule has 6 nitrogen and oxygen atoms in total. The molecule has 0 bridgehead atoms. The summed E-state index contributed by atoms with van der Waals surface area (Å²) >= 11 is 0. The number of nitrogens with zero attached hydrogens (tertiary/aromatic N) is 2. The number of H-pyrrole nitrogens is 1. The second kappa shape index (κ2) is 8.12. The Hall–Kier alpha value is -1.40. The summed E-state index contributed by atoms with van der Waals surface area (Å²) in [6.45, 7) is 8.62. The lowest BCUT2D eigenvalue weighted by Crippen LogP contribution is -2.52. The minimum Gasteiger partial charge on any atom is -0.379 e. The van der Waals surface area contributed by atoms with E-state index in [0.29, 0.717) is 30.1 Å². The Labute approximate surface area is 144 Å². The monoisotopic (exact) mass is 334 g/mol. The molecular weight excluding hydrogens is 304 g/mol. The van der Waals surface area contributed by atoms with Gasteiger partial charge in [0.15, 0.2) is 0 Å². The Kier molecular flexibility index (Phi) is 5.89. The van der Waals surface area contributed by atoms with Crippen molar-refractivity contribution in [2.45, 2.75) is 51.5 Å². The van der Waals surface area contributed by atoms with Gasteiger partial charge in [-0.1, -0.05) is 26.7 Å². The first-order valence-corrected chi connectivity index (χ1v) is 9.38. The molecule has 2 N–H and O–H groups in total. The van der Waals surface area contributed by atoms with E-state index in [0.717, 1.165) is 44.8 Å². The maximum absolute atomic E-state index is 12.5. The standard InChI is InChI=1S/C18H30N4O2/c1-3-13(4-2)17(22-7-9-24-10-8-22)12-19-18(23)16-11-15(20-21-16)14-5-6-14/h11,13-14,17H,3-10,12H2,1-2H3,(H,19,23)(H,20,21). The Balaban J connectivity index is 1.59. The summed E-state index contributed by atoms with van der Waals surface area (Å²) in [7, 11) is 0. The first-order valence-electron chi connectivity index (χ1n) is 9.38. The SMILES string of the molecule is CCC(CC)C(CNC(=O)c1cc(C2CC2)[nH]n1)N1CCOCC1. The fourth-order valence-electron chi connectivity index (χ4n) is 3.68. The second-order valence-electron chi connectivity index (χ2n) is 6.99. The number of nitrogens with one attached hydrogen (secondary N) is 2. The van der Waals surface area contributed by atoms with E-state index in [1.54, 1.807) is 0 Å². The number of carbonyl (C=O) groups is 1. The molecule has 0 aromatic carbocycles. The molecule has 1 saturated carbocycles. The third kappa shape index (κ3) is 4.16. The van der Waals surface area contributed by atoms with Crippen molar-refractivity contribution in [3.63, 3.8) is 0 Å². The quantitative estimate of drug-likeness (QED) is 0.764. The molecule has 6 heteroatoms. The summed E-state index contributed by atoms with van der Waals surface area (Å²) in [5.41, 5.74) is 1.62. The van der Waals surface area contributed by atoms with Crippen molar-refractivity contribution >= 4 is 5.91 Å². The Bertz CT molecular complexity index is 531. The van der Waals surface area contributed by atoms with Gasteiger partial charge >= 0.3 is 0 Å². The van der Waals surface area contributed by atoms with Crippen LogP contribution in [-0.2, 0) is 4.74 Å². The van der Waals surface area contributed by atoms with Gasteiger partial charge in [-0.25, -0.2) is 0 Å². The van der Waals surface area contributed by atoms with E-state index in [9.17, 15) is 4.79 Å². The van der Waals surface area contributed by atoms with Gasteiger partial charge in [0.1, 0.15) is 5.69 Å². The highest BCUT2D eigenvalue weighted by molar-refractivity contribution is 5.92. The van der Waals surface area contributed by atoms with Crippen molar-refractivity contribution < 1.29 is 9.53 Å². The highest BCUT2D eigenvalue weighted by Crippen LogP contribution is 2.38. The number of ether oxygens (including phenoxy) is 1. The number of aromatic nitrogens is 2. The Morgan fingerprint density at radius 2 is 2.08 bits per heavy atom. The van der Waals surface area contributed by atoms with E-state index in [1.807, 2.05) is 6.07 Å². The van der Waals surface area contributed by atoms with Crippen LogP contribution in [0.25, 0.3) is 0 Å². The number of morpholine rings is 1. The first kappa shape index (κ1) is 17.4. The van der Waals surface area contributed by atoms with E-state index in [-0.39, 0.29) is 5.91 Å². The van der Waals surface area contributed by atoms with Crippen LogP contribution in [0.5, 0.6) is 0 Å². The van der Waals surface area contributed by atoms with E-state index in [4.69, 9.17) is 4.74 Å². The van der Waals surface area contributed by atoms with Crippen molar-refractivity contribution in [1.29, 1.82) is 0 Å². The molecular formula is C18H30N4O2. The van der Waals surface area contributed by atoms with Crippen LogP contribution in [0, 0.1) is 5.92 Å². The molecule has 1 aromatic heterocycles. The number of rotatable bonds is 8. The van der Waals surface area contributed by atoms with Crippen molar-refractivity contribution in [3.05, 3.63) is 17.5 Å². The number of hydrogen-bond donors (Lipinski definition) is 2. The van der Waals surface area contributed by atoms with Crippen LogP contribution in [-0.4, -0.2) is 59.9 Å². The van der Waals surface area contributed by atoms with Crippen molar-refractivity contribution in [3.8, 4) is 0 Å². The average molecular weight is 334 g/mol. The molecule has 0 spiro atoms. The third-order valence-corrected chi connectivity index (χ3v) is 5.43. The largest absolute Gasteiger partial charge is 0.379 e. The van der Waals surface area contributed by atoms with Crippen LogP contribution in [0.2, 0.25) is 0 Å². The van der Waals surface area contributed by atoms with Crippen molar-refractivity contribution in [2.24, 2.45) is 5.92 Å². The molecule has 1 saturated heterocycles. The average Bonchev–Trinajstić information content (AvgIpc) is 3.36. The molecule has 1 unspecified atom stereocenters. The van der Waals surface area contributed by atoms with Gasteiger partial charge in [-0.3, -0.25) is 14.8 Å². The molecule has 1 atom stereocenters. The second-order valence-corrected chi connectivity index (χ2v) is 6.99. The molecule has 2 aliphatic rings. The fraction of sp³-hybridized carbons (Fsp3) is 0.778. The molecule has 2 fully saturated rings. The van der Waals surface area contributed by atoms with Gasteiger partial charge in [0.05, 0.1) is 13.2 Å². The summed E-state index contributed by atoms with van der Waals surface area (Å²) in [5.74, 6) is 1.11. The van der Waals surface area contributed by atoms with Crippen molar-refractivity contribution in [2.75, 3.05) is 32.8 Å². The molecule has 0 radical (unpaired) electrons. The van der Waals surface area contributed by atoms with Gasteiger partial charge in [-0.2, -0.15) is 5.10 Å². The molecule has 24 heavy (non-hydrogen) atoms. The van der Waals surface area contributed by atoms with Crippen LogP contribution in [0.1, 0.15) is 61.6 Å². The zero-order valence-electron chi connectivity index (χ0n) is 14.9. The smallest absolute Gasteiger partial charge is 0.271 e. The lowest BCUT2D eigenvalue weighted by atomic mass is 9.92. The topological polar surface area (TPSA) is 70.2 Å². The van der Waals surface area contributed by atoms with Crippen LogP contribution in [0.4, 0.5) is 0 Å². The van der Waals surface area contributed by atoms with Gasteiger partial charge in [-0.05, 0) is 24.8 Å². The van der Waals surface area contributed by atoms with Gasteiger partial charge in [0.25, 0.3) is 5.91 Å². The predicted octanol–water partition coefficient (Wildman–Crippen LogP) is 2.15. The Morgan fingerprint density at radius 3 is 2.71 bits per heavy atom. The lowest BCUT2D eigenvalue weighted by Gasteiger charge is -2.38. The van der Waals surface area contributed by atoms with Crippen LogP contribution in [0.3, 0.4) is 0 Å². The molecule has 2 heterocycles. The normalized spacial score (nSPS) is 20.3. The number of aromatic amines is 1. The van der Waals surface area contributed by atoms with Gasteiger partial charge < -0.3 is 10.1 Å². The van der Waals surface area contributed by atoms with Gasteiger partial charge in [-0.15, -0.1) is 0 Å². The summed E-state index contributed by atoms with van der Waals surface area (Å²) in [6.07, 6.45) is 4.67. The van der Waals surface area contributed by atoms with E-state index < -0.39 is 0 Å². The predicted molar refractivity (Wildman–Crippen MR) is 93.1 cm³/mol. The zero-order chi connectivity index (χ0) is 16.9. The highest BCUT2D eigenvalue weighted by atomic mass is 16.5. The fourth-order valence-corrected chi connectivity index (χ4v) is 3.68. The molecule has 134 valence electrons.